The van der Waals surface area contributed by atoms with Gasteiger partial charge in [0, 0.05) is 12.1 Å². The van der Waals surface area contributed by atoms with Crippen LogP contribution in [-0.4, -0.2) is 74.4 Å². The molecular formula is C21H36N3O4S+. The van der Waals surface area contributed by atoms with Crippen LogP contribution in [0.25, 0.3) is 0 Å². The van der Waals surface area contributed by atoms with E-state index in [4.69, 9.17) is 4.74 Å². The lowest BCUT2D eigenvalue weighted by Crippen LogP contribution is -3.19. The van der Waals surface area contributed by atoms with Crippen molar-refractivity contribution in [2.75, 3.05) is 32.8 Å². The van der Waals surface area contributed by atoms with Crippen molar-refractivity contribution in [1.82, 2.24) is 9.21 Å². The third-order valence-corrected chi connectivity index (χ3v) is 7.40. The molecule has 0 aliphatic carbocycles. The van der Waals surface area contributed by atoms with Crippen molar-refractivity contribution in [1.29, 1.82) is 0 Å². The molecule has 29 heavy (non-hydrogen) atoms. The topological polar surface area (TPSA) is 71.4 Å². The van der Waals surface area contributed by atoms with E-state index in [9.17, 15) is 13.2 Å². The number of benzene rings is 1. The highest BCUT2D eigenvalue weighted by Gasteiger charge is 2.37. The maximum atomic E-state index is 13.0. The van der Waals surface area contributed by atoms with Gasteiger partial charge in [0.15, 0.2) is 6.04 Å². The molecular weight excluding hydrogens is 390 g/mol. The first-order valence-corrected chi connectivity index (χ1v) is 11.9. The van der Waals surface area contributed by atoms with E-state index in [1.54, 1.807) is 24.3 Å². The molecule has 1 aliphatic heterocycles. The Morgan fingerprint density at radius 3 is 2.03 bits per heavy atom. The summed E-state index contributed by atoms with van der Waals surface area (Å²) in [6.45, 7) is 14.5. The number of sulfonamides is 1. The van der Waals surface area contributed by atoms with Crippen LogP contribution in [0, 0.1) is 0 Å². The minimum atomic E-state index is -3.54. The average Bonchev–Trinajstić information content (AvgIpc) is 2.67. The van der Waals surface area contributed by atoms with Gasteiger partial charge in [-0.15, -0.1) is 0 Å². The number of hydrogen-bond acceptors (Lipinski definition) is 4. The number of carbonyl (C=O) groups is 1. The van der Waals surface area contributed by atoms with Crippen LogP contribution in [0.15, 0.2) is 29.2 Å². The van der Waals surface area contributed by atoms with Gasteiger partial charge in [0.05, 0.1) is 37.7 Å². The van der Waals surface area contributed by atoms with E-state index in [-0.39, 0.29) is 28.9 Å². The molecule has 0 spiro atoms. The molecule has 1 N–H and O–H groups in total. The van der Waals surface area contributed by atoms with Gasteiger partial charge >= 0.3 is 0 Å². The van der Waals surface area contributed by atoms with Crippen molar-refractivity contribution < 1.29 is 22.8 Å². The van der Waals surface area contributed by atoms with Crippen molar-refractivity contribution in [3.8, 4) is 5.75 Å². The Morgan fingerprint density at radius 1 is 1.07 bits per heavy atom. The summed E-state index contributed by atoms with van der Waals surface area (Å²) in [5.74, 6) is 0.792. The summed E-state index contributed by atoms with van der Waals surface area (Å²) in [4.78, 5) is 16.3. The van der Waals surface area contributed by atoms with Gasteiger partial charge in [-0.05, 0) is 65.8 Å². The summed E-state index contributed by atoms with van der Waals surface area (Å²) < 4.78 is 32.8. The zero-order valence-electron chi connectivity index (χ0n) is 18.5. The highest BCUT2D eigenvalue weighted by atomic mass is 32.2. The standard InChI is InChI=1S/C21H35N3O4S/c1-7-28-19-8-10-20(11-9-19)29(26,27)23-14-12-22(13-15-23)18(6)21(25)24(16(2)3)17(4)5/h8-11,16-18H,7,12-15H2,1-6H3/p+1/t18-/m1/s1. The Hall–Kier alpha value is -1.64. The van der Waals surface area contributed by atoms with Crippen molar-refractivity contribution >= 4 is 15.9 Å². The van der Waals surface area contributed by atoms with Crippen LogP contribution in [0.1, 0.15) is 41.5 Å². The minimum absolute atomic E-state index is 0.132. The quantitative estimate of drug-likeness (QED) is 0.674. The fraction of sp³-hybridized carbons (Fsp3) is 0.667. The molecule has 2 rings (SSSR count). The summed E-state index contributed by atoms with van der Waals surface area (Å²) >= 11 is 0. The molecule has 1 fully saturated rings. The molecule has 7 nitrogen and oxygen atoms in total. The summed E-state index contributed by atoms with van der Waals surface area (Å²) in [5.41, 5.74) is 0. The number of quaternary nitrogens is 1. The van der Waals surface area contributed by atoms with Crippen LogP contribution in [-0.2, 0) is 14.8 Å². The zero-order chi connectivity index (χ0) is 21.8. The number of nitrogens with zero attached hydrogens (tertiary/aromatic N) is 2. The molecule has 1 amide bonds. The number of ether oxygens (including phenoxy) is 1. The van der Waals surface area contributed by atoms with Crippen molar-refractivity contribution in [3.63, 3.8) is 0 Å². The third-order valence-electron chi connectivity index (χ3n) is 5.49. The normalized spacial score (nSPS) is 17.5. The summed E-state index contributed by atoms with van der Waals surface area (Å²) in [7, 11) is -3.54. The number of hydrogen-bond donors (Lipinski definition) is 1. The molecule has 0 saturated carbocycles. The van der Waals surface area contributed by atoms with E-state index in [0.29, 0.717) is 38.5 Å². The smallest absolute Gasteiger partial charge is 0.281 e. The number of piperazine rings is 1. The molecule has 1 saturated heterocycles. The Labute approximate surface area is 175 Å². The molecule has 0 bridgehead atoms. The monoisotopic (exact) mass is 426 g/mol. The molecule has 1 heterocycles. The van der Waals surface area contributed by atoms with Gasteiger partial charge in [0.2, 0.25) is 10.0 Å². The van der Waals surface area contributed by atoms with Gasteiger partial charge in [-0.3, -0.25) is 4.79 Å². The van der Waals surface area contributed by atoms with Crippen molar-refractivity contribution in [3.05, 3.63) is 24.3 Å². The number of amides is 1. The predicted molar refractivity (Wildman–Crippen MR) is 114 cm³/mol. The molecule has 1 aromatic carbocycles. The zero-order valence-corrected chi connectivity index (χ0v) is 19.3. The minimum Gasteiger partial charge on any atom is -0.494 e. The van der Waals surface area contributed by atoms with Crippen LogP contribution in [0.4, 0.5) is 0 Å². The molecule has 0 unspecified atom stereocenters. The van der Waals surface area contributed by atoms with E-state index in [0.717, 1.165) is 4.90 Å². The van der Waals surface area contributed by atoms with Gasteiger partial charge in [0.1, 0.15) is 5.75 Å². The van der Waals surface area contributed by atoms with E-state index in [1.807, 2.05) is 46.4 Å². The first-order valence-electron chi connectivity index (χ1n) is 10.5. The first-order chi connectivity index (χ1) is 13.6. The van der Waals surface area contributed by atoms with E-state index in [1.165, 1.54) is 4.31 Å². The predicted octanol–water partition coefficient (Wildman–Crippen LogP) is 1.01. The van der Waals surface area contributed by atoms with Crippen LogP contribution < -0.4 is 9.64 Å². The summed E-state index contributed by atoms with van der Waals surface area (Å²) in [5, 5.41) is 0. The van der Waals surface area contributed by atoms with Gasteiger partial charge in [-0.25, -0.2) is 8.42 Å². The molecule has 1 aliphatic rings. The summed E-state index contributed by atoms with van der Waals surface area (Å²) in [6, 6.07) is 6.66. The lowest BCUT2D eigenvalue weighted by atomic mass is 10.1. The Bertz CT molecular complexity index is 762. The van der Waals surface area contributed by atoms with Crippen molar-refractivity contribution in [2.45, 2.75) is 64.6 Å². The van der Waals surface area contributed by atoms with Crippen LogP contribution in [0.2, 0.25) is 0 Å². The van der Waals surface area contributed by atoms with Gasteiger partial charge in [-0.2, -0.15) is 4.31 Å². The average molecular weight is 427 g/mol. The van der Waals surface area contributed by atoms with E-state index in [2.05, 4.69) is 0 Å². The molecule has 164 valence electrons. The first kappa shape index (κ1) is 23.6. The second kappa shape index (κ2) is 9.91. The van der Waals surface area contributed by atoms with E-state index >= 15 is 0 Å². The lowest BCUT2D eigenvalue weighted by molar-refractivity contribution is -0.918. The maximum Gasteiger partial charge on any atom is 0.281 e. The van der Waals surface area contributed by atoms with Crippen LogP contribution in [0.3, 0.4) is 0 Å². The maximum absolute atomic E-state index is 13.0. The van der Waals surface area contributed by atoms with Crippen LogP contribution >= 0.6 is 0 Å². The second-order valence-corrected chi connectivity index (χ2v) is 10.1. The van der Waals surface area contributed by atoms with Crippen molar-refractivity contribution in [2.24, 2.45) is 0 Å². The Morgan fingerprint density at radius 2 is 1.59 bits per heavy atom. The van der Waals surface area contributed by atoms with Gasteiger partial charge in [-0.1, -0.05) is 0 Å². The van der Waals surface area contributed by atoms with Crippen LogP contribution in [0.5, 0.6) is 5.75 Å². The van der Waals surface area contributed by atoms with Gasteiger partial charge in [0.25, 0.3) is 5.91 Å². The molecule has 0 radical (unpaired) electrons. The molecule has 0 aromatic heterocycles. The fourth-order valence-electron chi connectivity index (χ4n) is 3.97. The highest BCUT2D eigenvalue weighted by molar-refractivity contribution is 7.89. The SMILES string of the molecule is CCOc1ccc(S(=O)(=O)N2CC[NH+]([C@H](C)C(=O)N(C(C)C)C(C)C)CC2)cc1. The second-order valence-electron chi connectivity index (χ2n) is 8.12. The number of carbonyl (C=O) groups excluding carboxylic acids is 1. The Kier molecular flexibility index (Phi) is 8.08. The Balaban J connectivity index is 2.02. The third kappa shape index (κ3) is 5.49. The fourth-order valence-corrected chi connectivity index (χ4v) is 5.42. The lowest BCUT2D eigenvalue weighted by Gasteiger charge is -2.38. The number of nitrogens with one attached hydrogen (secondary N) is 1. The molecule has 1 atom stereocenters. The number of rotatable bonds is 8. The highest BCUT2D eigenvalue weighted by Crippen LogP contribution is 2.19. The molecule has 1 aromatic rings. The summed E-state index contributed by atoms with van der Waals surface area (Å²) in [6.07, 6.45) is 0. The van der Waals surface area contributed by atoms with Gasteiger partial charge < -0.3 is 14.5 Å². The largest absolute Gasteiger partial charge is 0.494 e. The van der Waals surface area contributed by atoms with E-state index < -0.39 is 10.0 Å². The molecule has 8 heteroatoms.